The van der Waals surface area contributed by atoms with Crippen LogP contribution in [0, 0.1) is 16.7 Å². The number of benzene rings is 1. The van der Waals surface area contributed by atoms with Gasteiger partial charge >= 0.3 is 5.97 Å². The second kappa shape index (κ2) is 6.10. The number of anilines is 1. The fourth-order valence-electron chi connectivity index (χ4n) is 1.41. The topological polar surface area (TPSA) is 85.3 Å². The monoisotopic (exact) mass is 262 g/mol. The number of carbonyl (C=O) groups is 1. The van der Waals surface area contributed by atoms with E-state index in [1.165, 1.54) is 7.11 Å². The third-order valence-electron chi connectivity index (χ3n) is 2.70. The summed E-state index contributed by atoms with van der Waals surface area (Å²) in [4.78, 5) is 11.6. The second-order valence-corrected chi connectivity index (χ2v) is 4.84. The highest BCUT2D eigenvalue weighted by molar-refractivity contribution is 5.93. The summed E-state index contributed by atoms with van der Waals surface area (Å²) in [7, 11) is 1.31. The fraction of sp³-hybridized carbons (Fsp3) is 0.429. The van der Waals surface area contributed by atoms with Gasteiger partial charge in [-0.2, -0.15) is 5.26 Å². The van der Waals surface area contributed by atoms with Gasteiger partial charge in [0.05, 0.1) is 25.2 Å². The maximum atomic E-state index is 11.6. The minimum absolute atomic E-state index is 0.325. The number of nitriles is 1. The summed E-state index contributed by atoms with van der Waals surface area (Å²) in [6.45, 7) is 3.99. The van der Waals surface area contributed by atoms with Gasteiger partial charge in [-0.25, -0.2) is 4.79 Å². The highest BCUT2D eigenvalue weighted by Crippen LogP contribution is 2.25. The van der Waals surface area contributed by atoms with Gasteiger partial charge in [-0.1, -0.05) is 0 Å². The zero-order chi connectivity index (χ0) is 14.5. The Labute approximate surface area is 112 Å². The fourth-order valence-corrected chi connectivity index (χ4v) is 1.41. The van der Waals surface area contributed by atoms with E-state index in [-0.39, 0.29) is 0 Å². The molecule has 0 amide bonds. The average Bonchev–Trinajstić information content (AvgIpc) is 2.38. The summed E-state index contributed by atoms with van der Waals surface area (Å²) in [5.41, 5.74) is 6.03. The standard InChI is InChI=1S/C14H18N2O3/c1-14(2,9-15)6-7-19-12-8-10(16)4-5-11(12)13(17)18-3/h4-5,8H,6-7,16H2,1-3H3. The molecule has 5 nitrogen and oxygen atoms in total. The van der Waals surface area contributed by atoms with Crippen molar-refractivity contribution in [2.75, 3.05) is 19.5 Å². The number of carbonyl (C=O) groups excluding carboxylic acids is 1. The van der Waals surface area contributed by atoms with Crippen molar-refractivity contribution in [1.82, 2.24) is 0 Å². The van der Waals surface area contributed by atoms with E-state index in [1.807, 2.05) is 13.8 Å². The summed E-state index contributed by atoms with van der Waals surface area (Å²) in [6.07, 6.45) is 0.554. The molecule has 0 spiro atoms. The van der Waals surface area contributed by atoms with Gasteiger partial charge in [0.1, 0.15) is 11.3 Å². The minimum Gasteiger partial charge on any atom is -0.493 e. The molecule has 1 rings (SSSR count). The molecule has 102 valence electrons. The number of ether oxygens (including phenoxy) is 2. The van der Waals surface area contributed by atoms with Crippen molar-refractivity contribution in [2.45, 2.75) is 20.3 Å². The minimum atomic E-state index is -0.477. The first-order valence-corrected chi connectivity index (χ1v) is 5.91. The maximum absolute atomic E-state index is 11.6. The van der Waals surface area contributed by atoms with Crippen LogP contribution in [-0.4, -0.2) is 19.7 Å². The Morgan fingerprint density at radius 2 is 2.16 bits per heavy atom. The van der Waals surface area contributed by atoms with Gasteiger partial charge in [0, 0.05) is 11.8 Å². The van der Waals surface area contributed by atoms with Crippen molar-refractivity contribution in [3.8, 4) is 11.8 Å². The van der Waals surface area contributed by atoms with E-state index in [2.05, 4.69) is 10.8 Å². The second-order valence-electron chi connectivity index (χ2n) is 4.84. The van der Waals surface area contributed by atoms with Crippen LogP contribution < -0.4 is 10.5 Å². The Kier molecular flexibility index (Phi) is 4.76. The van der Waals surface area contributed by atoms with Crippen molar-refractivity contribution in [1.29, 1.82) is 5.26 Å². The number of hydrogen-bond acceptors (Lipinski definition) is 5. The van der Waals surface area contributed by atoms with Gasteiger partial charge in [0.2, 0.25) is 0 Å². The van der Waals surface area contributed by atoms with Crippen LogP contribution in [0.25, 0.3) is 0 Å². The van der Waals surface area contributed by atoms with Gasteiger partial charge in [-0.3, -0.25) is 0 Å². The summed E-state index contributed by atoms with van der Waals surface area (Å²) in [5, 5.41) is 8.92. The third kappa shape index (κ3) is 4.18. The molecule has 0 saturated carbocycles. The Hall–Kier alpha value is -2.22. The largest absolute Gasteiger partial charge is 0.493 e. The molecule has 0 saturated heterocycles. The third-order valence-corrected chi connectivity index (χ3v) is 2.70. The molecule has 0 aliphatic carbocycles. The van der Waals surface area contributed by atoms with Crippen molar-refractivity contribution in [3.63, 3.8) is 0 Å². The number of nitrogens with zero attached hydrogens (tertiary/aromatic N) is 1. The van der Waals surface area contributed by atoms with Crippen LogP contribution in [0.15, 0.2) is 18.2 Å². The number of rotatable bonds is 5. The predicted molar refractivity (Wildman–Crippen MR) is 71.7 cm³/mol. The van der Waals surface area contributed by atoms with Crippen LogP contribution in [0.3, 0.4) is 0 Å². The van der Waals surface area contributed by atoms with Crippen LogP contribution in [0.1, 0.15) is 30.6 Å². The van der Waals surface area contributed by atoms with Gasteiger partial charge in [0.25, 0.3) is 0 Å². The molecule has 5 heteroatoms. The molecule has 0 bridgehead atoms. The lowest BCUT2D eigenvalue weighted by molar-refractivity contribution is 0.0595. The summed E-state index contributed by atoms with van der Waals surface area (Å²) < 4.78 is 10.2. The summed E-state index contributed by atoms with van der Waals surface area (Å²) >= 11 is 0. The average molecular weight is 262 g/mol. The number of nitrogen functional groups attached to an aromatic ring is 1. The van der Waals surface area contributed by atoms with Crippen LogP contribution in [0.5, 0.6) is 5.75 Å². The van der Waals surface area contributed by atoms with Gasteiger partial charge in [-0.05, 0) is 32.4 Å². The smallest absolute Gasteiger partial charge is 0.341 e. The Morgan fingerprint density at radius 3 is 2.74 bits per heavy atom. The Balaban J connectivity index is 2.80. The first kappa shape index (κ1) is 14.8. The predicted octanol–water partition coefficient (Wildman–Crippen LogP) is 2.37. The highest BCUT2D eigenvalue weighted by Gasteiger charge is 2.18. The van der Waals surface area contributed by atoms with E-state index in [9.17, 15) is 4.79 Å². The normalized spacial score (nSPS) is 10.6. The van der Waals surface area contributed by atoms with E-state index in [1.54, 1.807) is 18.2 Å². The van der Waals surface area contributed by atoms with Crippen LogP contribution in [-0.2, 0) is 4.74 Å². The molecule has 0 heterocycles. The first-order chi connectivity index (χ1) is 8.89. The molecule has 1 aromatic carbocycles. The first-order valence-electron chi connectivity index (χ1n) is 5.91. The maximum Gasteiger partial charge on any atom is 0.341 e. The van der Waals surface area contributed by atoms with E-state index in [0.29, 0.717) is 30.0 Å². The molecule has 0 radical (unpaired) electrons. The van der Waals surface area contributed by atoms with Crippen molar-refractivity contribution < 1.29 is 14.3 Å². The van der Waals surface area contributed by atoms with Crippen LogP contribution in [0.4, 0.5) is 5.69 Å². The molecule has 0 unspecified atom stereocenters. The zero-order valence-corrected chi connectivity index (χ0v) is 11.4. The molecule has 1 aromatic rings. The van der Waals surface area contributed by atoms with Crippen LogP contribution >= 0.6 is 0 Å². The van der Waals surface area contributed by atoms with Gasteiger partial charge in [0.15, 0.2) is 0 Å². The molecule has 0 atom stereocenters. The molecule has 19 heavy (non-hydrogen) atoms. The van der Waals surface area contributed by atoms with Gasteiger partial charge < -0.3 is 15.2 Å². The number of esters is 1. The molecule has 0 aliphatic heterocycles. The lowest BCUT2D eigenvalue weighted by Gasteiger charge is -2.16. The lowest BCUT2D eigenvalue weighted by Crippen LogP contribution is -2.14. The van der Waals surface area contributed by atoms with E-state index in [0.717, 1.165) is 0 Å². The van der Waals surface area contributed by atoms with Crippen molar-refractivity contribution >= 4 is 11.7 Å². The molecular formula is C14H18N2O3. The zero-order valence-electron chi connectivity index (χ0n) is 11.4. The Bertz CT molecular complexity index is 504. The number of methoxy groups -OCH3 is 1. The van der Waals surface area contributed by atoms with E-state index >= 15 is 0 Å². The molecular weight excluding hydrogens is 244 g/mol. The van der Waals surface area contributed by atoms with Gasteiger partial charge in [-0.15, -0.1) is 0 Å². The van der Waals surface area contributed by atoms with Crippen LogP contribution in [0.2, 0.25) is 0 Å². The molecule has 0 fully saturated rings. The number of hydrogen-bond donors (Lipinski definition) is 1. The Morgan fingerprint density at radius 1 is 1.47 bits per heavy atom. The van der Waals surface area contributed by atoms with Crippen molar-refractivity contribution in [2.24, 2.45) is 5.41 Å². The summed E-state index contributed by atoms with van der Waals surface area (Å²) in [6, 6.07) is 6.94. The highest BCUT2D eigenvalue weighted by atomic mass is 16.5. The van der Waals surface area contributed by atoms with E-state index < -0.39 is 11.4 Å². The molecule has 0 aliphatic rings. The summed E-state index contributed by atoms with van der Waals surface area (Å²) in [5.74, 6) is -0.102. The SMILES string of the molecule is COC(=O)c1ccc(N)cc1OCCC(C)(C)C#N. The molecule has 2 N–H and O–H groups in total. The van der Waals surface area contributed by atoms with E-state index in [4.69, 9.17) is 15.7 Å². The lowest BCUT2D eigenvalue weighted by atomic mass is 9.92. The quantitative estimate of drug-likeness (QED) is 0.650. The van der Waals surface area contributed by atoms with Crippen molar-refractivity contribution in [3.05, 3.63) is 23.8 Å². The number of nitrogens with two attached hydrogens (primary N) is 1. The molecule has 0 aromatic heterocycles.